The molecule has 7 heteroatoms. The van der Waals surface area contributed by atoms with Crippen molar-refractivity contribution in [3.8, 4) is 0 Å². The number of anilines is 1. The van der Waals surface area contributed by atoms with Gasteiger partial charge in [-0.1, -0.05) is 20.8 Å². The standard InChI is InChI=1S/C19H28N2O4S/c1-12(26-15-8-6-14(7-9-15)20-13(2)22)17(23)21-16(18(24)25)10-11-19(3,4)5/h6-9,12,16H,10-11H2,1-5H3,(H,20,22)(H,21,23)(H,24,25). The van der Waals surface area contributed by atoms with Crippen LogP contribution in [0.5, 0.6) is 0 Å². The first-order valence-electron chi connectivity index (χ1n) is 8.55. The predicted molar refractivity (Wildman–Crippen MR) is 104 cm³/mol. The number of rotatable bonds is 8. The highest BCUT2D eigenvalue weighted by atomic mass is 32.2. The van der Waals surface area contributed by atoms with Gasteiger partial charge in [0.05, 0.1) is 5.25 Å². The van der Waals surface area contributed by atoms with Crippen molar-refractivity contribution in [1.29, 1.82) is 0 Å². The first-order valence-corrected chi connectivity index (χ1v) is 9.43. The fourth-order valence-electron chi connectivity index (χ4n) is 2.20. The van der Waals surface area contributed by atoms with Crippen LogP contribution < -0.4 is 10.6 Å². The third kappa shape index (κ3) is 8.38. The Morgan fingerprint density at radius 1 is 1.15 bits per heavy atom. The van der Waals surface area contributed by atoms with Gasteiger partial charge >= 0.3 is 5.97 Å². The minimum Gasteiger partial charge on any atom is -0.480 e. The minimum absolute atomic E-state index is 0.00838. The molecule has 0 saturated heterocycles. The first kappa shape index (κ1) is 22.0. The van der Waals surface area contributed by atoms with Crippen molar-refractivity contribution >= 4 is 35.2 Å². The lowest BCUT2D eigenvalue weighted by Crippen LogP contribution is -2.44. The molecule has 0 spiro atoms. The average Bonchev–Trinajstić information content (AvgIpc) is 2.51. The van der Waals surface area contributed by atoms with E-state index in [-0.39, 0.29) is 17.2 Å². The largest absolute Gasteiger partial charge is 0.480 e. The zero-order chi connectivity index (χ0) is 19.9. The third-order valence-corrected chi connectivity index (χ3v) is 4.77. The third-order valence-electron chi connectivity index (χ3n) is 3.65. The fraction of sp³-hybridized carbons (Fsp3) is 0.526. The number of nitrogens with one attached hydrogen (secondary N) is 2. The number of carbonyl (C=O) groups is 3. The Kier molecular flexibility index (Phi) is 8.14. The first-order chi connectivity index (χ1) is 12.0. The second kappa shape index (κ2) is 9.62. The van der Waals surface area contributed by atoms with Gasteiger partial charge in [-0.2, -0.15) is 0 Å². The molecule has 0 bridgehead atoms. The Bertz CT molecular complexity index is 638. The molecule has 3 N–H and O–H groups in total. The summed E-state index contributed by atoms with van der Waals surface area (Å²) >= 11 is 1.34. The van der Waals surface area contributed by atoms with Crippen molar-refractivity contribution in [3.05, 3.63) is 24.3 Å². The van der Waals surface area contributed by atoms with Gasteiger partial charge in [0.25, 0.3) is 0 Å². The second-order valence-corrected chi connectivity index (χ2v) is 8.88. The lowest BCUT2D eigenvalue weighted by Gasteiger charge is -2.22. The van der Waals surface area contributed by atoms with E-state index in [1.807, 2.05) is 32.9 Å². The van der Waals surface area contributed by atoms with Crippen molar-refractivity contribution in [2.45, 2.75) is 63.6 Å². The summed E-state index contributed by atoms with van der Waals surface area (Å²) in [6.07, 6.45) is 1.10. The highest BCUT2D eigenvalue weighted by molar-refractivity contribution is 8.00. The maximum Gasteiger partial charge on any atom is 0.326 e. The topological polar surface area (TPSA) is 95.5 Å². The Hall–Kier alpha value is -2.02. The quantitative estimate of drug-likeness (QED) is 0.600. The molecule has 0 aliphatic rings. The summed E-state index contributed by atoms with van der Waals surface area (Å²) in [5, 5.41) is 14.2. The van der Waals surface area contributed by atoms with Crippen molar-refractivity contribution in [3.63, 3.8) is 0 Å². The van der Waals surface area contributed by atoms with Gasteiger partial charge in [-0.15, -0.1) is 11.8 Å². The molecule has 0 aromatic heterocycles. The van der Waals surface area contributed by atoms with Crippen LogP contribution in [-0.4, -0.2) is 34.2 Å². The van der Waals surface area contributed by atoms with Crippen LogP contribution in [0.3, 0.4) is 0 Å². The smallest absolute Gasteiger partial charge is 0.326 e. The van der Waals surface area contributed by atoms with E-state index in [2.05, 4.69) is 10.6 Å². The summed E-state index contributed by atoms with van der Waals surface area (Å²) in [4.78, 5) is 35.6. The number of carboxylic acids is 1. The van der Waals surface area contributed by atoms with Crippen LogP contribution in [0.2, 0.25) is 0 Å². The van der Waals surface area contributed by atoms with Crippen molar-refractivity contribution in [2.75, 3.05) is 5.32 Å². The number of thioether (sulfide) groups is 1. The summed E-state index contributed by atoms with van der Waals surface area (Å²) in [5.74, 6) is -1.46. The molecule has 2 amide bonds. The molecule has 0 fully saturated rings. The van der Waals surface area contributed by atoms with E-state index < -0.39 is 17.3 Å². The number of hydrogen-bond acceptors (Lipinski definition) is 4. The summed E-state index contributed by atoms with van der Waals surface area (Å²) in [5.41, 5.74) is 0.695. The van der Waals surface area contributed by atoms with Crippen LogP contribution in [0.1, 0.15) is 47.5 Å². The van der Waals surface area contributed by atoms with E-state index in [9.17, 15) is 19.5 Å². The van der Waals surface area contributed by atoms with Crippen LogP contribution in [0.25, 0.3) is 0 Å². The number of hydrogen-bond donors (Lipinski definition) is 3. The van der Waals surface area contributed by atoms with Gasteiger partial charge in [-0.05, 0) is 49.4 Å². The molecule has 26 heavy (non-hydrogen) atoms. The van der Waals surface area contributed by atoms with Crippen molar-refractivity contribution in [1.82, 2.24) is 5.32 Å². The van der Waals surface area contributed by atoms with Crippen molar-refractivity contribution in [2.24, 2.45) is 5.41 Å². The number of carboxylic acid groups (broad SMARTS) is 1. The zero-order valence-corrected chi connectivity index (χ0v) is 16.8. The lowest BCUT2D eigenvalue weighted by atomic mass is 9.88. The van der Waals surface area contributed by atoms with Gasteiger partial charge in [-0.25, -0.2) is 4.79 Å². The van der Waals surface area contributed by atoms with Crippen LogP contribution in [0, 0.1) is 5.41 Å². The van der Waals surface area contributed by atoms with E-state index in [1.165, 1.54) is 18.7 Å². The summed E-state index contributed by atoms with van der Waals surface area (Å²) in [7, 11) is 0. The maximum atomic E-state index is 12.3. The highest BCUT2D eigenvalue weighted by Crippen LogP contribution is 2.25. The Labute approximate surface area is 159 Å². The van der Waals surface area contributed by atoms with Gasteiger partial charge in [0.1, 0.15) is 6.04 Å². The molecule has 144 valence electrons. The number of benzene rings is 1. The summed E-state index contributed by atoms with van der Waals surface area (Å²) in [6.45, 7) is 9.29. The van der Waals surface area contributed by atoms with Gasteiger partial charge in [0.2, 0.25) is 11.8 Å². The molecular formula is C19H28N2O4S. The fourth-order valence-corrected chi connectivity index (χ4v) is 3.08. The van der Waals surface area contributed by atoms with Crippen LogP contribution >= 0.6 is 11.8 Å². The molecule has 1 aromatic carbocycles. The lowest BCUT2D eigenvalue weighted by molar-refractivity contribution is -0.142. The van der Waals surface area contributed by atoms with E-state index in [4.69, 9.17) is 0 Å². The summed E-state index contributed by atoms with van der Waals surface area (Å²) in [6, 6.07) is 6.27. The SMILES string of the molecule is CC(=O)Nc1ccc(SC(C)C(=O)NC(CCC(C)(C)C)C(=O)O)cc1. The average molecular weight is 381 g/mol. The molecule has 0 aliphatic carbocycles. The molecule has 0 heterocycles. The van der Waals surface area contributed by atoms with Gasteiger partial charge in [0.15, 0.2) is 0 Å². The van der Waals surface area contributed by atoms with Crippen LogP contribution in [-0.2, 0) is 14.4 Å². The van der Waals surface area contributed by atoms with E-state index >= 15 is 0 Å². The molecule has 2 unspecified atom stereocenters. The van der Waals surface area contributed by atoms with E-state index in [0.29, 0.717) is 18.5 Å². The Morgan fingerprint density at radius 3 is 2.19 bits per heavy atom. The minimum atomic E-state index is -1.01. The number of amides is 2. The van der Waals surface area contributed by atoms with Gasteiger partial charge in [0, 0.05) is 17.5 Å². The van der Waals surface area contributed by atoms with Gasteiger partial charge in [-0.3, -0.25) is 9.59 Å². The molecule has 1 aromatic rings. The van der Waals surface area contributed by atoms with Gasteiger partial charge < -0.3 is 15.7 Å². The molecule has 2 atom stereocenters. The molecule has 1 rings (SSSR count). The highest BCUT2D eigenvalue weighted by Gasteiger charge is 2.25. The zero-order valence-electron chi connectivity index (χ0n) is 16.0. The number of carbonyl (C=O) groups excluding carboxylic acids is 2. The molecular weight excluding hydrogens is 352 g/mol. The molecule has 0 saturated carbocycles. The second-order valence-electron chi connectivity index (χ2n) is 7.46. The Morgan fingerprint density at radius 2 is 1.73 bits per heavy atom. The monoisotopic (exact) mass is 380 g/mol. The Balaban J connectivity index is 2.62. The number of aliphatic carboxylic acids is 1. The van der Waals surface area contributed by atoms with Crippen molar-refractivity contribution < 1.29 is 19.5 Å². The van der Waals surface area contributed by atoms with E-state index in [1.54, 1.807) is 19.1 Å². The molecule has 0 aliphatic heterocycles. The molecule has 6 nitrogen and oxygen atoms in total. The maximum absolute atomic E-state index is 12.3. The normalized spacial score (nSPS) is 13.6. The molecule has 0 radical (unpaired) electrons. The van der Waals surface area contributed by atoms with Crippen LogP contribution in [0.4, 0.5) is 5.69 Å². The predicted octanol–water partition coefficient (Wildman–Crippen LogP) is 3.52. The summed E-state index contributed by atoms with van der Waals surface area (Å²) < 4.78 is 0. The van der Waals surface area contributed by atoms with E-state index in [0.717, 1.165) is 4.90 Å². The van der Waals surface area contributed by atoms with Crippen LogP contribution in [0.15, 0.2) is 29.2 Å².